The van der Waals surface area contributed by atoms with E-state index in [-0.39, 0.29) is 12.3 Å². The van der Waals surface area contributed by atoms with Crippen LogP contribution in [0.25, 0.3) is 0 Å². The molecule has 3 nitrogen and oxygen atoms in total. The summed E-state index contributed by atoms with van der Waals surface area (Å²) in [6.45, 7) is -0.265. The molecule has 0 heterocycles. The van der Waals surface area contributed by atoms with Gasteiger partial charge < -0.3 is 10.1 Å². The van der Waals surface area contributed by atoms with Gasteiger partial charge in [0.25, 0.3) is 5.91 Å². The van der Waals surface area contributed by atoms with Crippen LogP contribution >= 0.6 is 15.9 Å². The summed E-state index contributed by atoms with van der Waals surface area (Å²) < 4.78 is 32.1. The maximum Gasteiger partial charge on any atom is 0.262 e. The average Bonchev–Trinajstić information content (AvgIpc) is 2.41. The predicted octanol–water partition coefficient (Wildman–Crippen LogP) is 3.74. The average molecular weight is 342 g/mol. The van der Waals surface area contributed by atoms with E-state index in [2.05, 4.69) is 21.2 Å². The number of carbonyl (C=O) groups excluding carboxylic acids is 1. The van der Waals surface area contributed by atoms with E-state index in [0.29, 0.717) is 11.8 Å². The fourth-order valence-corrected chi connectivity index (χ4v) is 1.72. The fourth-order valence-electron chi connectivity index (χ4n) is 1.46. The molecule has 0 saturated heterocycles. The lowest BCUT2D eigenvalue weighted by atomic mass is 10.3. The molecule has 0 saturated carbocycles. The number of anilines is 1. The highest BCUT2D eigenvalue weighted by Crippen LogP contribution is 2.17. The van der Waals surface area contributed by atoms with Crippen LogP contribution in [0.5, 0.6) is 5.75 Å². The van der Waals surface area contributed by atoms with Crippen molar-refractivity contribution in [3.05, 3.63) is 58.6 Å². The third-order valence-electron chi connectivity index (χ3n) is 2.39. The van der Waals surface area contributed by atoms with Crippen molar-refractivity contribution >= 4 is 27.5 Å². The van der Waals surface area contributed by atoms with Gasteiger partial charge in [0.15, 0.2) is 6.61 Å². The summed E-state index contributed by atoms with van der Waals surface area (Å²) in [5.74, 6) is -1.55. The molecule has 0 radical (unpaired) electrons. The van der Waals surface area contributed by atoms with Crippen molar-refractivity contribution in [2.75, 3.05) is 11.9 Å². The number of carbonyl (C=O) groups is 1. The van der Waals surface area contributed by atoms with Gasteiger partial charge in [0.1, 0.15) is 17.4 Å². The van der Waals surface area contributed by atoms with Gasteiger partial charge in [-0.1, -0.05) is 15.9 Å². The zero-order chi connectivity index (χ0) is 14.5. The second kappa shape index (κ2) is 6.47. The minimum Gasteiger partial charge on any atom is -0.484 e. The smallest absolute Gasteiger partial charge is 0.262 e. The highest BCUT2D eigenvalue weighted by Gasteiger charge is 2.08. The summed E-state index contributed by atoms with van der Waals surface area (Å²) in [7, 11) is 0. The first-order valence-electron chi connectivity index (χ1n) is 5.68. The number of hydrogen-bond donors (Lipinski definition) is 1. The summed E-state index contributed by atoms with van der Waals surface area (Å²) >= 11 is 3.28. The quantitative estimate of drug-likeness (QED) is 0.919. The van der Waals surface area contributed by atoms with E-state index in [1.54, 1.807) is 24.3 Å². The third-order valence-corrected chi connectivity index (χ3v) is 2.92. The van der Waals surface area contributed by atoms with Crippen LogP contribution in [0.1, 0.15) is 0 Å². The van der Waals surface area contributed by atoms with E-state index >= 15 is 0 Å². The van der Waals surface area contributed by atoms with Crippen molar-refractivity contribution < 1.29 is 18.3 Å². The van der Waals surface area contributed by atoms with Crippen molar-refractivity contribution in [3.8, 4) is 5.75 Å². The Labute approximate surface area is 122 Å². The SMILES string of the molecule is O=C(COc1ccc(Br)cc1)Nc1ccc(F)cc1F. The lowest BCUT2D eigenvalue weighted by molar-refractivity contribution is -0.118. The molecule has 0 aromatic heterocycles. The molecular weight excluding hydrogens is 332 g/mol. The summed E-state index contributed by atoms with van der Waals surface area (Å²) in [5, 5.41) is 2.30. The van der Waals surface area contributed by atoms with Crippen molar-refractivity contribution in [1.29, 1.82) is 0 Å². The number of benzene rings is 2. The van der Waals surface area contributed by atoms with Gasteiger partial charge in [0.2, 0.25) is 0 Å². The van der Waals surface area contributed by atoms with E-state index in [1.807, 2.05) is 0 Å². The van der Waals surface area contributed by atoms with Crippen molar-refractivity contribution in [2.45, 2.75) is 0 Å². The van der Waals surface area contributed by atoms with Crippen LogP contribution in [0.3, 0.4) is 0 Å². The van der Waals surface area contributed by atoms with Crippen LogP contribution in [0.2, 0.25) is 0 Å². The Hall–Kier alpha value is -1.95. The molecule has 0 aliphatic heterocycles. The maximum absolute atomic E-state index is 13.3. The van der Waals surface area contributed by atoms with Crippen LogP contribution < -0.4 is 10.1 Å². The molecule has 0 aliphatic rings. The third kappa shape index (κ3) is 4.03. The fraction of sp³-hybridized carbons (Fsp3) is 0.0714. The van der Waals surface area contributed by atoms with Gasteiger partial charge in [-0.3, -0.25) is 4.79 Å². The van der Waals surface area contributed by atoms with Gasteiger partial charge in [-0.2, -0.15) is 0 Å². The summed E-state index contributed by atoms with van der Waals surface area (Å²) in [4.78, 5) is 11.6. The van der Waals surface area contributed by atoms with Gasteiger partial charge >= 0.3 is 0 Å². The first-order chi connectivity index (χ1) is 9.54. The van der Waals surface area contributed by atoms with Gasteiger partial charge in [-0.15, -0.1) is 0 Å². The Bertz CT molecular complexity index is 617. The standard InChI is InChI=1S/C14H10BrF2NO2/c15-9-1-4-11(5-2-9)20-8-14(19)18-13-6-3-10(16)7-12(13)17/h1-7H,8H2,(H,18,19). The Balaban J connectivity index is 1.90. The first kappa shape index (κ1) is 14.5. The van der Waals surface area contributed by atoms with Crippen molar-refractivity contribution in [3.63, 3.8) is 0 Å². The molecule has 0 aliphatic carbocycles. The molecule has 104 valence electrons. The number of amides is 1. The summed E-state index contributed by atoms with van der Waals surface area (Å²) in [5.41, 5.74) is -0.0872. The molecule has 0 bridgehead atoms. The highest BCUT2D eigenvalue weighted by molar-refractivity contribution is 9.10. The second-order valence-corrected chi connectivity index (χ2v) is 4.83. The number of hydrogen-bond acceptors (Lipinski definition) is 2. The monoisotopic (exact) mass is 341 g/mol. The molecule has 0 atom stereocenters. The van der Waals surface area contributed by atoms with Crippen LogP contribution in [-0.4, -0.2) is 12.5 Å². The number of nitrogens with one attached hydrogen (secondary N) is 1. The number of halogens is 3. The molecule has 1 amide bonds. The zero-order valence-electron chi connectivity index (χ0n) is 10.2. The van der Waals surface area contributed by atoms with Crippen LogP contribution in [-0.2, 0) is 4.79 Å². The first-order valence-corrected chi connectivity index (χ1v) is 6.47. The van der Waals surface area contributed by atoms with E-state index in [4.69, 9.17) is 4.74 Å². The Morgan fingerprint density at radius 3 is 2.50 bits per heavy atom. The molecule has 2 aromatic carbocycles. The molecule has 6 heteroatoms. The van der Waals surface area contributed by atoms with E-state index in [1.165, 1.54) is 0 Å². The second-order valence-electron chi connectivity index (χ2n) is 3.91. The largest absolute Gasteiger partial charge is 0.484 e. The molecule has 0 fully saturated rings. The minimum atomic E-state index is -0.831. The Kier molecular flexibility index (Phi) is 4.68. The van der Waals surface area contributed by atoms with Gasteiger partial charge in [0, 0.05) is 10.5 Å². The molecule has 1 N–H and O–H groups in total. The summed E-state index contributed by atoms with van der Waals surface area (Å²) in [6, 6.07) is 9.84. The summed E-state index contributed by atoms with van der Waals surface area (Å²) in [6.07, 6.45) is 0. The highest BCUT2D eigenvalue weighted by atomic mass is 79.9. The van der Waals surface area contributed by atoms with Gasteiger partial charge in [0.05, 0.1) is 5.69 Å². The Morgan fingerprint density at radius 1 is 1.15 bits per heavy atom. The molecule has 2 rings (SSSR count). The normalized spacial score (nSPS) is 10.2. The molecule has 20 heavy (non-hydrogen) atoms. The maximum atomic E-state index is 13.3. The van der Waals surface area contributed by atoms with E-state index in [0.717, 1.165) is 16.6 Å². The van der Waals surface area contributed by atoms with Crippen LogP contribution in [0.4, 0.5) is 14.5 Å². The Morgan fingerprint density at radius 2 is 1.85 bits per heavy atom. The van der Waals surface area contributed by atoms with Crippen LogP contribution in [0, 0.1) is 11.6 Å². The topological polar surface area (TPSA) is 38.3 Å². The minimum absolute atomic E-state index is 0.0872. The molecular formula is C14H10BrF2NO2. The van der Waals surface area contributed by atoms with Crippen LogP contribution in [0.15, 0.2) is 46.9 Å². The zero-order valence-corrected chi connectivity index (χ0v) is 11.8. The molecule has 0 spiro atoms. The predicted molar refractivity (Wildman–Crippen MR) is 74.6 cm³/mol. The van der Waals surface area contributed by atoms with E-state index in [9.17, 15) is 13.6 Å². The molecule has 2 aromatic rings. The number of rotatable bonds is 4. The van der Waals surface area contributed by atoms with E-state index < -0.39 is 17.5 Å². The van der Waals surface area contributed by atoms with Crippen molar-refractivity contribution in [1.82, 2.24) is 0 Å². The number of ether oxygens (including phenoxy) is 1. The van der Waals surface area contributed by atoms with Crippen molar-refractivity contribution in [2.24, 2.45) is 0 Å². The lowest BCUT2D eigenvalue weighted by Gasteiger charge is -2.08. The molecule has 0 unspecified atom stereocenters. The van der Waals surface area contributed by atoms with Gasteiger partial charge in [-0.25, -0.2) is 8.78 Å². The lowest BCUT2D eigenvalue weighted by Crippen LogP contribution is -2.20. The van der Waals surface area contributed by atoms with Gasteiger partial charge in [-0.05, 0) is 36.4 Å².